The maximum atomic E-state index is 12.1. The van der Waals surface area contributed by atoms with Crippen LogP contribution in [-0.2, 0) is 23.3 Å². The molecule has 4 atom stereocenters. The molecule has 0 radical (unpaired) electrons. The Balaban J connectivity index is 2.21. The number of nitrogens with one attached hydrogen (secondary N) is 1. The molecule has 1 aliphatic heterocycles. The van der Waals surface area contributed by atoms with E-state index in [1.165, 1.54) is 0 Å². The van der Waals surface area contributed by atoms with Crippen LogP contribution in [0.4, 0.5) is 0 Å². The maximum Gasteiger partial charge on any atom is 0.470 e. The van der Waals surface area contributed by atoms with Gasteiger partial charge < -0.3 is 29.1 Å². The molecule has 0 aliphatic carbocycles. The van der Waals surface area contributed by atoms with E-state index in [0.717, 1.165) is 29.7 Å². The van der Waals surface area contributed by atoms with E-state index in [0.29, 0.717) is 6.61 Å². The number of rotatable bonds is 11. The van der Waals surface area contributed by atoms with Crippen molar-refractivity contribution in [3.63, 3.8) is 0 Å². The molecule has 160 valence electrons. The van der Waals surface area contributed by atoms with Gasteiger partial charge in [-0.1, -0.05) is 13.3 Å². The summed E-state index contributed by atoms with van der Waals surface area (Å²) in [6.45, 7) is 2.15. The molecule has 12 nitrogen and oxygen atoms in total. The smallest absolute Gasteiger partial charge is 0.394 e. The Morgan fingerprint density at radius 1 is 1.25 bits per heavy atom. The van der Waals surface area contributed by atoms with Crippen LogP contribution < -0.4 is 11.2 Å². The summed E-state index contributed by atoms with van der Waals surface area (Å²) in [4.78, 5) is 43.8. The van der Waals surface area contributed by atoms with E-state index in [1.807, 2.05) is 6.92 Å². The van der Waals surface area contributed by atoms with E-state index in [2.05, 4.69) is 4.98 Å². The van der Waals surface area contributed by atoms with Crippen molar-refractivity contribution < 1.29 is 38.2 Å². The minimum atomic E-state index is -4.94. The first-order valence-corrected chi connectivity index (χ1v) is 10.3. The molecule has 1 aromatic rings. The molecule has 0 aromatic carbocycles. The second-order valence-corrected chi connectivity index (χ2v) is 7.32. The molecule has 2 heterocycles. The first-order valence-electron chi connectivity index (χ1n) is 8.78. The first-order chi connectivity index (χ1) is 13.3. The number of aliphatic hydroxyl groups is 1. The zero-order valence-electron chi connectivity index (χ0n) is 15.3. The number of hydrogen-bond acceptors (Lipinski definition) is 8. The predicted octanol–water partition coefficient (Wildman–Crippen LogP) is -0.894. The Morgan fingerprint density at radius 3 is 2.61 bits per heavy atom. The third-order valence-corrected chi connectivity index (χ3v) is 4.55. The van der Waals surface area contributed by atoms with Crippen LogP contribution in [0.1, 0.15) is 26.0 Å². The highest BCUT2D eigenvalue weighted by molar-refractivity contribution is 7.46. The fourth-order valence-corrected chi connectivity index (χ4v) is 3.33. The summed E-state index contributed by atoms with van der Waals surface area (Å²) in [5.74, 6) is 0. The van der Waals surface area contributed by atoms with E-state index in [1.54, 1.807) is 0 Å². The first kappa shape index (κ1) is 22.9. The van der Waals surface area contributed by atoms with Crippen molar-refractivity contribution in [2.75, 3.05) is 26.4 Å². The average molecular weight is 424 g/mol. The summed E-state index contributed by atoms with van der Waals surface area (Å²) in [5.41, 5.74) is -1.43. The van der Waals surface area contributed by atoms with Crippen molar-refractivity contribution in [3.8, 4) is 0 Å². The number of phosphoric ester groups is 1. The molecule has 1 saturated heterocycles. The molecule has 2 rings (SSSR count). The highest BCUT2D eigenvalue weighted by Crippen LogP contribution is 2.44. The van der Waals surface area contributed by atoms with Gasteiger partial charge in [0, 0.05) is 18.9 Å². The lowest BCUT2D eigenvalue weighted by Gasteiger charge is -2.25. The minimum absolute atomic E-state index is 0.0332. The number of ether oxygens (including phenoxy) is 3. The molecule has 1 fully saturated rings. The van der Waals surface area contributed by atoms with Gasteiger partial charge in [-0.3, -0.25) is 18.9 Å². The lowest BCUT2D eigenvalue weighted by atomic mass is 10.1. The van der Waals surface area contributed by atoms with Crippen molar-refractivity contribution in [1.82, 2.24) is 9.55 Å². The van der Waals surface area contributed by atoms with Gasteiger partial charge in [-0.05, 0) is 6.42 Å². The molecule has 4 N–H and O–H groups in total. The predicted molar refractivity (Wildman–Crippen MR) is 94.7 cm³/mol. The van der Waals surface area contributed by atoms with E-state index in [9.17, 15) is 29.0 Å². The molecular weight excluding hydrogens is 399 g/mol. The normalized spacial score (nSPS) is 25.3. The summed E-state index contributed by atoms with van der Waals surface area (Å²) in [7, 11) is -4.94. The second kappa shape index (κ2) is 10.4. The quantitative estimate of drug-likeness (QED) is 0.258. The fraction of sp³-hybridized carbons (Fsp3) is 0.733. The highest BCUT2D eigenvalue weighted by atomic mass is 31.2. The van der Waals surface area contributed by atoms with Crippen LogP contribution in [0, 0.1) is 0 Å². The summed E-state index contributed by atoms with van der Waals surface area (Å²) in [6.07, 6.45) is -1.86. The van der Waals surface area contributed by atoms with Gasteiger partial charge in [0.25, 0.3) is 5.56 Å². The SMILES string of the molecule is CCCCOCCO[C@@H]1[C@H](OP(=O)(O)O)[C@@H](CO)O[C@H]1n1ccc(=O)[nH]c1=O. The molecule has 0 spiro atoms. The topological polar surface area (TPSA) is 170 Å². The second-order valence-electron chi connectivity index (χ2n) is 6.13. The molecule has 1 aromatic heterocycles. The number of aliphatic hydroxyl groups excluding tert-OH is 1. The molecule has 28 heavy (non-hydrogen) atoms. The zero-order chi connectivity index (χ0) is 20.7. The number of nitrogens with zero attached hydrogens (tertiary/aromatic N) is 1. The monoisotopic (exact) mass is 424 g/mol. The Hall–Kier alpha value is -1.37. The van der Waals surface area contributed by atoms with Crippen LogP contribution in [-0.4, -0.2) is 69.2 Å². The number of H-pyrrole nitrogens is 1. The average Bonchev–Trinajstić information content (AvgIpc) is 2.93. The van der Waals surface area contributed by atoms with Crippen LogP contribution >= 0.6 is 7.82 Å². The molecule has 0 unspecified atom stereocenters. The lowest BCUT2D eigenvalue weighted by Crippen LogP contribution is -2.40. The summed E-state index contributed by atoms with van der Waals surface area (Å²) in [5, 5.41) is 9.51. The third kappa shape index (κ3) is 6.33. The van der Waals surface area contributed by atoms with Crippen molar-refractivity contribution in [2.24, 2.45) is 0 Å². The summed E-state index contributed by atoms with van der Waals surface area (Å²) >= 11 is 0. The maximum absolute atomic E-state index is 12.1. The van der Waals surface area contributed by atoms with Gasteiger partial charge in [-0.15, -0.1) is 0 Å². The van der Waals surface area contributed by atoms with Gasteiger partial charge in [0.2, 0.25) is 0 Å². The Bertz CT molecular complexity index is 775. The third-order valence-electron chi connectivity index (χ3n) is 4.03. The van der Waals surface area contributed by atoms with Gasteiger partial charge in [0.05, 0.1) is 19.8 Å². The fourth-order valence-electron chi connectivity index (χ4n) is 2.76. The van der Waals surface area contributed by atoms with Crippen LogP contribution in [0.2, 0.25) is 0 Å². The largest absolute Gasteiger partial charge is 0.470 e. The Morgan fingerprint density at radius 2 is 2.00 bits per heavy atom. The van der Waals surface area contributed by atoms with Gasteiger partial charge in [-0.2, -0.15) is 0 Å². The van der Waals surface area contributed by atoms with E-state index in [-0.39, 0.29) is 13.2 Å². The summed E-state index contributed by atoms with van der Waals surface area (Å²) < 4.78 is 33.6. The van der Waals surface area contributed by atoms with Crippen molar-refractivity contribution in [1.29, 1.82) is 0 Å². The Labute approximate surface area is 160 Å². The van der Waals surface area contributed by atoms with E-state index < -0.39 is 50.2 Å². The summed E-state index contributed by atoms with van der Waals surface area (Å²) in [6, 6.07) is 1.08. The number of aromatic nitrogens is 2. The van der Waals surface area contributed by atoms with Gasteiger partial charge >= 0.3 is 13.5 Å². The van der Waals surface area contributed by atoms with Gasteiger partial charge in [0.1, 0.15) is 18.3 Å². The number of phosphoric acid groups is 1. The Kier molecular flexibility index (Phi) is 8.53. The zero-order valence-corrected chi connectivity index (χ0v) is 16.2. The molecule has 0 saturated carbocycles. The lowest BCUT2D eigenvalue weighted by molar-refractivity contribution is -0.0840. The van der Waals surface area contributed by atoms with E-state index >= 15 is 0 Å². The number of hydrogen-bond donors (Lipinski definition) is 4. The highest BCUT2D eigenvalue weighted by Gasteiger charge is 2.49. The molecule has 0 amide bonds. The van der Waals surface area contributed by atoms with Gasteiger partial charge in [0.15, 0.2) is 6.23 Å². The number of aromatic amines is 1. The van der Waals surface area contributed by atoms with Crippen LogP contribution in [0.3, 0.4) is 0 Å². The molecule has 1 aliphatic rings. The molecule has 13 heteroatoms. The van der Waals surface area contributed by atoms with Crippen molar-refractivity contribution >= 4 is 7.82 Å². The van der Waals surface area contributed by atoms with Crippen LogP contribution in [0.5, 0.6) is 0 Å². The van der Waals surface area contributed by atoms with Crippen molar-refractivity contribution in [2.45, 2.75) is 44.3 Å². The van der Waals surface area contributed by atoms with Crippen LogP contribution in [0.25, 0.3) is 0 Å². The minimum Gasteiger partial charge on any atom is -0.394 e. The van der Waals surface area contributed by atoms with Crippen molar-refractivity contribution in [3.05, 3.63) is 33.1 Å². The van der Waals surface area contributed by atoms with Crippen LogP contribution in [0.15, 0.2) is 21.9 Å². The standard InChI is InChI=1S/C15H25N2O10P/c1-2-3-6-24-7-8-25-13-12(27-28(21,22)23)10(9-18)26-14(13)17-5-4-11(19)16-15(17)20/h4-5,10,12-14,18H,2-3,6-9H2,1H3,(H,16,19,20)(H2,21,22,23)/t10-,12-,13-,14-/m1/s1. The number of unbranched alkanes of at least 4 members (excludes halogenated alkanes) is 1. The molecule has 0 bridgehead atoms. The molecular formula is C15H25N2O10P. The van der Waals surface area contributed by atoms with Gasteiger partial charge in [-0.25, -0.2) is 9.36 Å². The van der Waals surface area contributed by atoms with E-state index in [4.69, 9.17) is 18.7 Å².